The van der Waals surface area contributed by atoms with Gasteiger partial charge in [0, 0.05) is 17.4 Å². The minimum absolute atomic E-state index is 0.180. The zero-order valence-corrected chi connectivity index (χ0v) is 20.9. The molecule has 0 aromatic heterocycles. The molecule has 3 aliphatic rings. The van der Waals surface area contributed by atoms with Gasteiger partial charge in [0.1, 0.15) is 18.6 Å². The molecule has 6 rings (SSSR count). The fourth-order valence-corrected chi connectivity index (χ4v) is 8.46. The van der Waals surface area contributed by atoms with Crippen molar-refractivity contribution in [1.82, 2.24) is 0 Å². The summed E-state index contributed by atoms with van der Waals surface area (Å²) in [6.07, 6.45) is 2.52. The second-order valence-electron chi connectivity index (χ2n) is 11.4. The van der Waals surface area contributed by atoms with Crippen molar-refractivity contribution >= 4 is 0 Å². The molecular weight excluding hydrogens is 428 g/mol. The molecule has 3 nitrogen and oxygen atoms in total. The van der Waals surface area contributed by atoms with E-state index in [0.29, 0.717) is 18.4 Å². The van der Waals surface area contributed by atoms with E-state index in [1.807, 2.05) is 12.1 Å². The third-order valence-corrected chi connectivity index (χ3v) is 9.84. The van der Waals surface area contributed by atoms with E-state index in [0.717, 1.165) is 29.1 Å². The summed E-state index contributed by atoms with van der Waals surface area (Å²) in [7, 11) is 0. The van der Waals surface area contributed by atoms with Gasteiger partial charge in [-0.2, -0.15) is 5.26 Å². The van der Waals surface area contributed by atoms with Crippen LogP contribution in [-0.2, 0) is 23.5 Å². The number of quaternary nitrogens is 1. The quantitative estimate of drug-likeness (QED) is 0.394. The summed E-state index contributed by atoms with van der Waals surface area (Å²) in [6.45, 7) is 8.90. The maximum absolute atomic E-state index is 9.29. The Balaban J connectivity index is 1.45. The molecule has 178 valence electrons. The molecule has 0 amide bonds. The third kappa shape index (κ3) is 3.31. The highest BCUT2D eigenvalue weighted by Gasteiger charge is 2.78. The van der Waals surface area contributed by atoms with Gasteiger partial charge in [0.25, 0.3) is 0 Å². The molecule has 6 atom stereocenters. The Morgan fingerprint density at radius 2 is 1.60 bits per heavy atom. The maximum Gasteiger partial charge on any atom is 0.151 e. The van der Waals surface area contributed by atoms with Crippen molar-refractivity contribution < 1.29 is 9.22 Å². The molecule has 0 radical (unpaired) electrons. The number of hydrogen-bond donors (Lipinski definition) is 0. The average Bonchev–Trinajstić information content (AvgIpc) is 3.44. The van der Waals surface area contributed by atoms with Crippen molar-refractivity contribution in [1.29, 1.82) is 5.26 Å². The summed E-state index contributed by atoms with van der Waals surface area (Å²) in [5.41, 5.74) is 4.52. The van der Waals surface area contributed by atoms with Crippen molar-refractivity contribution in [2.24, 2.45) is 17.8 Å². The first-order valence-corrected chi connectivity index (χ1v) is 13.1. The molecule has 0 bridgehead atoms. The molecule has 0 N–H and O–H groups in total. The Kier molecular flexibility index (Phi) is 5.36. The number of nitriles is 1. The summed E-state index contributed by atoms with van der Waals surface area (Å²) in [5.74, 6) is 1.91. The lowest BCUT2D eigenvalue weighted by atomic mass is 9.73. The normalized spacial score (nSPS) is 35.1. The molecule has 3 aromatic carbocycles. The number of hydrogen-bond acceptors (Lipinski definition) is 2. The molecule has 2 saturated heterocycles. The molecule has 2 heterocycles. The van der Waals surface area contributed by atoms with E-state index in [2.05, 4.69) is 92.7 Å². The van der Waals surface area contributed by atoms with E-state index in [1.54, 1.807) is 0 Å². The van der Waals surface area contributed by atoms with E-state index in [-0.39, 0.29) is 11.1 Å². The SMILES string of the molecule is C[C@@H]1C[N@@+]2(Cc3ccc(C#N)cc3)C[C@](OCc3ccccc3)(c3ccccc3)[C@H]3CC[C@@H]1[C@]32C. The van der Waals surface area contributed by atoms with E-state index in [9.17, 15) is 5.26 Å². The van der Waals surface area contributed by atoms with Gasteiger partial charge in [-0.25, -0.2) is 0 Å². The van der Waals surface area contributed by atoms with E-state index < -0.39 is 0 Å². The van der Waals surface area contributed by atoms with Crippen LogP contribution in [-0.4, -0.2) is 23.1 Å². The van der Waals surface area contributed by atoms with Crippen LogP contribution in [0.15, 0.2) is 84.9 Å². The standard InChI is InChI=1S/C32H35N2O/c1-24-20-34(21-26-15-13-25(19-33)14-16-26)23-32(28-11-7-4-8-12-28,30-18-17-29(24)31(30,34)2)35-22-27-9-5-3-6-10-27/h3-16,24,29-30H,17-18,20-23H2,1-2H3/q+1/t24-,29+,30+,31-,32+,34-/m1/s1. The number of nitrogens with zero attached hydrogens (tertiary/aromatic N) is 2. The topological polar surface area (TPSA) is 33.0 Å². The predicted octanol–water partition coefficient (Wildman–Crippen LogP) is 6.44. The van der Waals surface area contributed by atoms with Crippen molar-refractivity contribution in [3.63, 3.8) is 0 Å². The van der Waals surface area contributed by atoms with Gasteiger partial charge >= 0.3 is 0 Å². The van der Waals surface area contributed by atoms with Crippen LogP contribution < -0.4 is 0 Å². The smallest absolute Gasteiger partial charge is 0.151 e. The van der Waals surface area contributed by atoms with Crippen molar-refractivity contribution in [3.05, 3.63) is 107 Å². The molecule has 0 spiro atoms. The Labute approximate surface area is 209 Å². The summed E-state index contributed by atoms with van der Waals surface area (Å²) < 4.78 is 8.25. The number of benzene rings is 3. The third-order valence-electron chi connectivity index (χ3n) is 9.84. The monoisotopic (exact) mass is 463 g/mol. The van der Waals surface area contributed by atoms with Crippen LogP contribution in [0.3, 0.4) is 0 Å². The molecular formula is C32H35N2O+. The van der Waals surface area contributed by atoms with Crippen LogP contribution in [0.5, 0.6) is 0 Å². The van der Waals surface area contributed by atoms with E-state index in [4.69, 9.17) is 4.74 Å². The minimum Gasteiger partial charge on any atom is -0.359 e. The van der Waals surface area contributed by atoms with Crippen LogP contribution in [0.2, 0.25) is 0 Å². The van der Waals surface area contributed by atoms with Crippen LogP contribution >= 0.6 is 0 Å². The van der Waals surface area contributed by atoms with Gasteiger partial charge in [-0.3, -0.25) is 0 Å². The molecule has 35 heavy (non-hydrogen) atoms. The molecule has 1 aliphatic carbocycles. The fourth-order valence-electron chi connectivity index (χ4n) is 8.46. The van der Waals surface area contributed by atoms with E-state index in [1.165, 1.54) is 36.1 Å². The lowest BCUT2D eigenvalue weighted by molar-refractivity contribution is -0.968. The van der Waals surface area contributed by atoms with Gasteiger partial charge in [0.15, 0.2) is 5.60 Å². The van der Waals surface area contributed by atoms with Crippen molar-refractivity contribution in [3.8, 4) is 6.07 Å². The average molecular weight is 464 g/mol. The van der Waals surface area contributed by atoms with Gasteiger partial charge < -0.3 is 9.22 Å². The first-order chi connectivity index (χ1) is 17.0. The highest BCUT2D eigenvalue weighted by molar-refractivity contribution is 5.33. The zero-order valence-electron chi connectivity index (χ0n) is 20.9. The highest BCUT2D eigenvalue weighted by Crippen LogP contribution is 2.68. The van der Waals surface area contributed by atoms with Gasteiger partial charge in [-0.05, 0) is 43.0 Å². The van der Waals surface area contributed by atoms with Gasteiger partial charge in [0.2, 0.25) is 0 Å². The Morgan fingerprint density at radius 1 is 0.914 bits per heavy atom. The number of ether oxygens (including phenoxy) is 1. The summed E-state index contributed by atoms with van der Waals surface area (Å²) in [5, 5.41) is 9.29. The van der Waals surface area contributed by atoms with Crippen molar-refractivity contribution in [2.45, 2.75) is 51.0 Å². The predicted molar refractivity (Wildman–Crippen MR) is 138 cm³/mol. The first-order valence-electron chi connectivity index (χ1n) is 13.1. The molecule has 3 aromatic rings. The Morgan fingerprint density at radius 3 is 2.29 bits per heavy atom. The molecule has 0 unspecified atom stereocenters. The largest absolute Gasteiger partial charge is 0.359 e. The van der Waals surface area contributed by atoms with E-state index >= 15 is 0 Å². The maximum atomic E-state index is 9.29. The fraction of sp³-hybridized carbons (Fsp3) is 0.406. The molecule has 1 saturated carbocycles. The van der Waals surface area contributed by atoms with Crippen LogP contribution in [0.4, 0.5) is 0 Å². The lowest BCUT2D eigenvalue weighted by Crippen LogP contribution is -2.57. The van der Waals surface area contributed by atoms with Crippen LogP contribution in [0.25, 0.3) is 0 Å². The van der Waals surface area contributed by atoms with Gasteiger partial charge in [-0.1, -0.05) is 79.7 Å². The molecule has 3 fully saturated rings. The zero-order chi connectivity index (χ0) is 24.1. The summed E-state index contributed by atoms with van der Waals surface area (Å²) in [6, 6.07) is 32.3. The Bertz CT molecular complexity index is 1230. The van der Waals surface area contributed by atoms with Crippen molar-refractivity contribution in [2.75, 3.05) is 13.1 Å². The first kappa shape index (κ1) is 22.5. The highest BCUT2D eigenvalue weighted by atomic mass is 16.5. The second kappa shape index (κ2) is 8.33. The molecule has 2 aliphatic heterocycles. The Hall–Kier alpha value is -2.93. The summed E-state index contributed by atoms with van der Waals surface area (Å²) in [4.78, 5) is 0. The lowest BCUT2D eigenvalue weighted by Gasteiger charge is -2.43. The minimum atomic E-state index is -0.298. The second-order valence-corrected chi connectivity index (χ2v) is 11.4. The molecule has 3 heteroatoms. The van der Waals surface area contributed by atoms with Crippen LogP contribution in [0.1, 0.15) is 48.9 Å². The van der Waals surface area contributed by atoms with Gasteiger partial charge in [-0.15, -0.1) is 0 Å². The number of rotatable bonds is 6. The summed E-state index contributed by atoms with van der Waals surface area (Å²) >= 11 is 0. The van der Waals surface area contributed by atoms with Crippen LogP contribution in [0, 0.1) is 29.1 Å². The van der Waals surface area contributed by atoms with Gasteiger partial charge in [0.05, 0.1) is 30.7 Å².